The van der Waals surface area contributed by atoms with Crippen LogP contribution in [-0.4, -0.2) is 4.77 Å². The summed E-state index contributed by atoms with van der Waals surface area (Å²) in [6, 6.07) is 0. The van der Waals surface area contributed by atoms with E-state index in [1.54, 1.807) is 0 Å². The summed E-state index contributed by atoms with van der Waals surface area (Å²) in [7, 11) is 0. The first-order chi connectivity index (χ1) is 2.56. The van der Waals surface area contributed by atoms with Crippen LogP contribution in [0.1, 0.15) is 0 Å². The average molecular weight is 487 g/mol. The molecule has 0 saturated carbocycles. The SMILES string of the molecule is BrCC(I)(I)I. The van der Waals surface area contributed by atoms with Gasteiger partial charge in [0.2, 0.25) is 0 Å². The van der Waals surface area contributed by atoms with Crippen molar-refractivity contribution in [3.8, 4) is 0 Å². The molecule has 0 aromatic rings. The highest BCUT2D eigenvalue weighted by Gasteiger charge is 2.13. The average Bonchev–Trinajstić information content (AvgIpc) is 1.35. The molecule has 0 amide bonds. The Balaban J connectivity index is 3.17. The Morgan fingerprint density at radius 1 is 1.33 bits per heavy atom. The van der Waals surface area contributed by atoms with Crippen LogP contribution in [0.25, 0.3) is 0 Å². The third kappa shape index (κ3) is 6.67. The number of rotatable bonds is 1. The van der Waals surface area contributed by atoms with Crippen LogP contribution in [0.15, 0.2) is 0 Å². The van der Waals surface area contributed by atoms with E-state index >= 15 is 0 Å². The van der Waals surface area contributed by atoms with E-state index in [1.807, 2.05) is 0 Å². The quantitative estimate of drug-likeness (QED) is 0.394. The zero-order valence-electron chi connectivity index (χ0n) is 2.72. The molecule has 0 fully saturated rings. The highest BCUT2D eigenvalue weighted by molar-refractivity contribution is 14.3. The zero-order valence-corrected chi connectivity index (χ0v) is 10.8. The second kappa shape index (κ2) is 3.65. The molecular weight excluding hydrogens is 485 g/mol. The monoisotopic (exact) mass is 486 g/mol. The van der Waals surface area contributed by atoms with Crippen LogP contribution in [0.3, 0.4) is 0 Å². The molecule has 0 aromatic carbocycles. The van der Waals surface area contributed by atoms with Crippen LogP contribution in [0.4, 0.5) is 0 Å². The van der Waals surface area contributed by atoms with E-state index in [0.717, 1.165) is 5.33 Å². The van der Waals surface area contributed by atoms with Crippen molar-refractivity contribution in [3.63, 3.8) is 0 Å². The summed E-state index contributed by atoms with van der Waals surface area (Å²) in [5.41, 5.74) is 0. The van der Waals surface area contributed by atoms with Gasteiger partial charge in [-0.2, -0.15) is 0 Å². The van der Waals surface area contributed by atoms with Gasteiger partial charge in [0.25, 0.3) is 0 Å². The van der Waals surface area contributed by atoms with E-state index in [-0.39, 0.29) is 0 Å². The maximum absolute atomic E-state index is 3.35. The van der Waals surface area contributed by atoms with Crippen LogP contribution < -0.4 is 0 Å². The lowest BCUT2D eigenvalue weighted by Crippen LogP contribution is -1.97. The highest BCUT2D eigenvalue weighted by atomic mass is 127. The molecule has 0 aromatic heterocycles. The minimum absolute atomic E-state index is 0.368. The van der Waals surface area contributed by atoms with E-state index in [9.17, 15) is 0 Å². The standard InChI is InChI=1S/C2H2BrI3/c3-1-2(4,5)6/h1H2. The molecule has 0 spiro atoms. The van der Waals surface area contributed by atoms with Gasteiger partial charge in [-0.25, -0.2) is 0 Å². The maximum Gasteiger partial charge on any atom is 0.134 e. The van der Waals surface area contributed by atoms with Crippen LogP contribution in [-0.2, 0) is 0 Å². The van der Waals surface area contributed by atoms with Crippen LogP contribution in [0.5, 0.6) is 0 Å². The number of hydrogen-bond acceptors (Lipinski definition) is 0. The van der Waals surface area contributed by atoms with Crippen molar-refractivity contribution in [2.24, 2.45) is 0 Å². The first-order valence-corrected chi connectivity index (χ1v) is 5.55. The molecular formula is C2H2BrI3. The molecule has 0 atom stereocenters. The van der Waals surface area contributed by atoms with E-state index < -0.39 is 0 Å². The molecule has 0 rings (SSSR count). The molecule has 0 saturated heterocycles. The normalized spacial score (nSPS) is 12.0. The number of alkyl halides is 4. The first kappa shape index (κ1) is 8.67. The van der Waals surface area contributed by atoms with Gasteiger partial charge in [-0.1, -0.05) is 83.7 Å². The Hall–Kier alpha value is 2.67. The molecule has 0 unspecified atom stereocenters. The van der Waals surface area contributed by atoms with Gasteiger partial charge in [0, 0.05) is 5.33 Å². The van der Waals surface area contributed by atoms with Crippen molar-refractivity contribution in [2.75, 3.05) is 5.33 Å². The van der Waals surface area contributed by atoms with Gasteiger partial charge in [-0.05, 0) is 0 Å². The van der Waals surface area contributed by atoms with Crippen molar-refractivity contribution >= 4 is 83.7 Å². The van der Waals surface area contributed by atoms with E-state index in [4.69, 9.17) is 0 Å². The van der Waals surface area contributed by atoms with Crippen molar-refractivity contribution in [2.45, 2.75) is -0.565 Å². The summed E-state index contributed by atoms with van der Waals surface area (Å²) >= 11 is 10.4. The molecule has 6 heavy (non-hydrogen) atoms. The summed E-state index contributed by atoms with van der Waals surface area (Å²) < 4.78 is 0.368. The molecule has 0 bridgehead atoms. The first-order valence-electron chi connectivity index (χ1n) is 1.19. The summed E-state index contributed by atoms with van der Waals surface area (Å²) in [4.78, 5) is 0. The van der Waals surface area contributed by atoms with Crippen LogP contribution in [0, 0.1) is 0 Å². The van der Waals surface area contributed by atoms with E-state index in [2.05, 4.69) is 83.7 Å². The fourth-order valence-corrected chi connectivity index (χ4v) is 0. The Bertz CT molecular complexity index is 38.5. The van der Waals surface area contributed by atoms with Crippen molar-refractivity contribution in [1.82, 2.24) is 0 Å². The van der Waals surface area contributed by atoms with Gasteiger partial charge in [-0.3, -0.25) is 0 Å². The fourth-order valence-electron chi connectivity index (χ4n) is 0. The summed E-state index contributed by atoms with van der Waals surface area (Å²) in [5.74, 6) is 0. The number of halogens is 4. The summed E-state index contributed by atoms with van der Waals surface area (Å²) in [6.45, 7) is 0. The smallest absolute Gasteiger partial charge is 0.0896 e. The second-order valence-electron chi connectivity index (χ2n) is 0.749. The minimum atomic E-state index is 0.368. The summed E-state index contributed by atoms with van der Waals surface area (Å²) in [6.07, 6.45) is 0. The molecule has 0 aliphatic rings. The van der Waals surface area contributed by atoms with Crippen LogP contribution in [0.2, 0.25) is 0 Å². The van der Waals surface area contributed by atoms with Gasteiger partial charge < -0.3 is 0 Å². The van der Waals surface area contributed by atoms with Crippen molar-refractivity contribution in [1.29, 1.82) is 0 Å². The molecule has 0 radical (unpaired) electrons. The molecule has 0 aliphatic carbocycles. The molecule has 0 aliphatic heterocycles. The molecule has 4 heteroatoms. The topological polar surface area (TPSA) is 0 Å². The molecule has 0 N–H and O–H groups in total. The van der Waals surface area contributed by atoms with E-state index in [0.29, 0.717) is -0.565 Å². The predicted octanol–water partition coefficient (Wildman–Crippen LogP) is 3.34. The third-order valence-corrected chi connectivity index (χ3v) is 5.28. The Kier molecular flexibility index (Phi) is 5.27. The van der Waals surface area contributed by atoms with Gasteiger partial charge in [0.1, 0.15) is -0.565 Å². The predicted molar refractivity (Wildman–Crippen MR) is 58.6 cm³/mol. The minimum Gasteiger partial charge on any atom is -0.0896 e. The number of hydrogen-bond donors (Lipinski definition) is 0. The summed E-state index contributed by atoms with van der Waals surface area (Å²) in [5, 5.41) is 1.04. The Morgan fingerprint density at radius 3 is 1.50 bits per heavy atom. The lowest BCUT2D eigenvalue weighted by molar-refractivity contribution is 1.55. The maximum atomic E-state index is 3.35. The van der Waals surface area contributed by atoms with Crippen molar-refractivity contribution < 1.29 is 0 Å². The lowest BCUT2D eigenvalue weighted by atomic mass is 11.0. The van der Waals surface area contributed by atoms with Gasteiger partial charge in [0.05, 0.1) is 0 Å². The molecule has 38 valence electrons. The largest absolute Gasteiger partial charge is 0.134 e. The van der Waals surface area contributed by atoms with Crippen LogP contribution >= 0.6 is 83.7 Å². The fraction of sp³-hybridized carbons (Fsp3) is 1.00. The highest BCUT2D eigenvalue weighted by Crippen LogP contribution is 2.36. The van der Waals surface area contributed by atoms with Gasteiger partial charge >= 0.3 is 0 Å². The van der Waals surface area contributed by atoms with E-state index in [1.165, 1.54) is 0 Å². The lowest BCUT2D eigenvalue weighted by Gasteiger charge is -2.03. The van der Waals surface area contributed by atoms with Gasteiger partial charge in [-0.15, -0.1) is 0 Å². The third-order valence-electron chi connectivity index (χ3n) is 0.152. The molecule has 0 heterocycles. The Morgan fingerprint density at radius 2 is 1.50 bits per heavy atom. The Labute approximate surface area is 86.8 Å². The van der Waals surface area contributed by atoms with Gasteiger partial charge in [0.15, 0.2) is 0 Å². The zero-order chi connectivity index (χ0) is 5.21. The van der Waals surface area contributed by atoms with Crippen molar-refractivity contribution in [3.05, 3.63) is 0 Å². The molecule has 0 nitrogen and oxygen atoms in total. The second-order valence-corrected chi connectivity index (χ2v) is 13.0.